The molecule has 6 nitrogen and oxygen atoms in total. The predicted molar refractivity (Wildman–Crippen MR) is 92.3 cm³/mol. The SMILES string of the molecule is Cc1nn(Cc2cn(-c3ccccc3)nn2)cc1C1CCNCC1. The van der Waals surface area contributed by atoms with Gasteiger partial charge in [-0.1, -0.05) is 23.4 Å². The second-order valence-electron chi connectivity index (χ2n) is 6.38. The molecule has 0 amide bonds. The third-order valence-corrected chi connectivity index (χ3v) is 4.65. The standard InChI is InChI=1S/C18H22N6/c1-14-18(15-7-9-19-10-8-15)13-23(21-14)11-16-12-24(22-20-16)17-5-3-2-4-6-17/h2-6,12-13,15,19H,7-11H2,1H3. The van der Waals surface area contributed by atoms with E-state index in [1.807, 2.05) is 41.2 Å². The van der Waals surface area contributed by atoms with Crippen molar-refractivity contribution in [1.82, 2.24) is 30.1 Å². The van der Waals surface area contributed by atoms with Crippen LogP contribution in [0.2, 0.25) is 0 Å². The average Bonchev–Trinajstić information content (AvgIpc) is 3.23. The number of piperidine rings is 1. The molecule has 24 heavy (non-hydrogen) atoms. The largest absolute Gasteiger partial charge is 0.317 e. The number of aryl methyl sites for hydroxylation is 1. The van der Waals surface area contributed by atoms with Gasteiger partial charge in [0.2, 0.25) is 0 Å². The van der Waals surface area contributed by atoms with Gasteiger partial charge in [0.15, 0.2) is 0 Å². The Labute approximate surface area is 141 Å². The molecule has 124 valence electrons. The van der Waals surface area contributed by atoms with E-state index in [0.717, 1.165) is 30.2 Å². The fourth-order valence-electron chi connectivity index (χ4n) is 3.39. The van der Waals surface area contributed by atoms with Crippen LogP contribution in [0.25, 0.3) is 5.69 Å². The summed E-state index contributed by atoms with van der Waals surface area (Å²) in [5.74, 6) is 0.625. The van der Waals surface area contributed by atoms with Crippen molar-refractivity contribution in [2.24, 2.45) is 0 Å². The minimum absolute atomic E-state index is 0.625. The summed E-state index contributed by atoms with van der Waals surface area (Å²) in [5.41, 5.74) is 4.45. The van der Waals surface area contributed by atoms with E-state index in [2.05, 4.69) is 33.8 Å². The lowest BCUT2D eigenvalue weighted by Crippen LogP contribution is -2.26. The normalized spacial score (nSPS) is 15.7. The summed E-state index contributed by atoms with van der Waals surface area (Å²) in [6.07, 6.45) is 6.54. The lowest BCUT2D eigenvalue weighted by atomic mass is 9.91. The van der Waals surface area contributed by atoms with Crippen molar-refractivity contribution in [3.8, 4) is 5.69 Å². The van der Waals surface area contributed by atoms with Crippen LogP contribution in [0.5, 0.6) is 0 Å². The molecular weight excluding hydrogens is 300 g/mol. The second-order valence-corrected chi connectivity index (χ2v) is 6.38. The van der Waals surface area contributed by atoms with Crippen LogP contribution in [0, 0.1) is 6.92 Å². The number of nitrogens with zero attached hydrogens (tertiary/aromatic N) is 5. The number of para-hydroxylation sites is 1. The van der Waals surface area contributed by atoms with Crippen LogP contribution in [-0.2, 0) is 6.54 Å². The van der Waals surface area contributed by atoms with Gasteiger partial charge in [0, 0.05) is 6.20 Å². The maximum atomic E-state index is 4.68. The van der Waals surface area contributed by atoms with Gasteiger partial charge in [-0.25, -0.2) is 4.68 Å². The van der Waals surface area contributed by atoms with Gasteiger partial charge in [0.1, 0.15) is 5.69 Å². The van der Waals surface area contributed by atoms with Crippen LogP contribution in [0.4, 0.5) is 0 Å². The lowest BCUT2D eigenvalue weighted by Gasteiger charge is -2.21. The zero-order valence-corrected chi connectivity index (χ0v) is 13.9. The predicted octanol–water partition coefficient (Wildman–Crippen LogP) is 2.29. The minimum Gasteiger partial charge on any atom is -0.317 e. The van der Waals surface area contributed by atoms with Crippen molar-refractivity contribution < 1.29 is 0 Å². The summed E-state index contributed by atoms with van der Waals surface area (Å²) >= 11 is 0. The molecule has 0 bridgehead atoms. The molecule has 1 fully saturated rings. The Bertz CT molecular complexity index is 798. The van der Waals surface area contributed by atoms with E-state index < -0.39 is 0 Å². The molecular formula is C18H22N6. The van der Waals surface area contributed by atoms with Crippen molar-refractivity contribution in [1.29, 1.82) is 0 Å². The molecule has 0 spiro atoms. The van der Waals surface area contributed by atoms with Crippen molar-refractivity contribution in [3.63, 3.8) is 0 Å². The molecule has 3 aromatic rings. The molecule has 1 aliphatic rings. The second kappa shape index (κ2) is 6.57. The van der Waals surface area contributed by atoms with Gasteiger partial charge in [-0.15, -0.1) is 5.10 Å². The molecule has 3 heterocycles. The summed E-state index contributed by atoms with van der Waals surface area (Å²) in [4.78, 5) is 0. The summed E-state index contributed by atoms with van der Waals surface area (Å²) in [5, 5.41) is 16.6. The van der Waals surface area contributed by atoms with Gasteiger partial charge < -0.3 is 5.32 Å². The molecule has 1 N–H and O–H groups in total. The van der Waals surface area contributed by atoms with E-state index >= 15 is 0 Å². The van der Waals surface area contributed by atoms with Gasteiger partial charge in [0.25, 0.3) is 0 Å². The van der Waals surface area contributed by atoms with E-state index in [-0.39, 0.29) is 0 Å². The van der Waals surface area contributed by atoms with Gasteiger partial charge in [-0.05, 0) is 56.5 Å². The molecule has 0 aliphatic carbocycles. The smallest absolute Gasteiger partial charge is 0.105 e. The van der Waals surface area contributed by atoms with Crippen LogP contribution in [0.15, 0.2) is 42.7 Å². The number of hydrogen-bond donors (Lipinski definition) is 1. The van der Waals surface area contributed by atoms with E-state index in [4.69, 9.17) is 0 Å². The zero-order chi connectivity index (χ0) is 16.4. The number of aromatic nitrogens is 5. The van der Waals surface area contributed by atoms with E-state index in [9.17, 15) is 0 Å². The Morgan fingerprint density at radius 3 is 2.71 bits per heavy atom. The highest BCUT2D eigenvalue weighted by atomic mass is 15.4. The summed E-state index contributed by atoms with van der Waals surface area (Å²) < 4.78 is 3.80. The quantitative estimate of drug-likeness (QED) is 0.800. The van der Waals surface area contributed by atoms with E-state index in [1.54, 1.807) is 4.68 Å². The van der Waals surface area contributed by atoms with E-state index in [1.165, 1.54) is 18.4 Å². The topological polar surface area (TPSA) is 60.6 Å². The maximum Gasteiger partial charge on any atom is 0.105 e. The van der Waals surface area contributed by atoms with Crippen LogP contribution < -0.4 is 5.32 Å². The average molecular weight is 322 g/mol. The summed E-state index contributed by atoms with van der Waals surface area (Å²) in [6, 6.07) is 10.0. The third-order valence-electron chi connectivity index (χ3n) is 4.65. The van der Waals surface area contributed by atoms with E-state index in [0.29, 0.717) is 12.5 Å². The van der Waals surface area contributed by atoms with Crippen molar-refractivity contribution in [2.75, 3.05) is 13.1 Å². The monoisotopic (exact) mass is 322 g/mol. The van der Waals surface area contributed by atoms with Crippen LogP contribution in [0.1, 0.15) is 35.7 Å². The van der Waals surface area contributed by atoms with Crippen LogP contribution in [0.3, 0.4) is 0 Å². The molecule has 0 unspecified atom stereocenters. The molecule has 0 atom stereocenters. The molecule has 1 saturated heterocycles. The zero-order valence-electron chi connectivity index (χ0n) is 13.9. The molecule has 0 radical (unpaired) electrons. The first-order valence-corrected chi connectivity index (χ1v) is 8.51. The minimum atomic E-state index is 0.625. The summed E-state index contributed by atoms with van der Waals surface area (Å²) in [7, 11) is 0. The molecule has 2 aromatic heterocycles. The fraction of sp³-hybridized carbons (Fsp3) is 0.389. The van der Waals surface area contributed by atoms with Crippen molar-refractivity contribution in [2.45, 2.75) is 32.2 Å². The lowest BCUT2D eigenvalue weighted by molar-refractivity contribution is 0.459. The van der Waals surface area contributed by atoms with Gasteiger partial charge in [-0.3, -0.25) is 4.68 Å². The molecule has 1 aliphatic heterocycles. The Hall–Kier alpha value is -2.47. The Balaban J connectivity index is 1.51. The third kappa shape index (κ3) is 3.10. The van der Waals surface area contributed by atoms with Gasteiger partial charge in [0.05, 0.1) is 24.1 Å². The van der Waals surface area contributed by atoms with Gasteiger partial charge >= 0.3 is 0 Å². The first-order valence-electron chi connectivity index (χ1n) is 8.51. The Morgan fingerprint density at radius 1 is 1.12 bits per heavy atom. The first-order chi connectivity index (χ1) is 11.8. The van der Waals surface area contributed by atoms with Crippen LogP contribution in [-0.4, -0.2) is 37.9 Å². The van der Waals surface area contributed by atoms with Crippen molar-refractivity contribution in [3.05, 3.63) is 59.7 Å². The highest BCUT2D eigenvalue weighted by Gasteiger charge is 2.19. The highest BCUT2D eigenvalue weighted by molar-refractivity contribution is 5.30. The first kappa shape index (κ1) is 15.1. The fourth-order valence-corrected chi connectivity index (χ4v) is 3.39. The van der Waals surface area contributed by atoms with Crippen LogP contribution >= 0.6 is 0 Å². The number of benzene rings is 1. The number of hydrogen-bond acceptors (Lipinski definition) is 4. The van der Waals surface area contributed by atoms with Crippen molar-refractivity contribution >= 4 is 0 Å². The molecule has 4 rings (SSSR count). The van der Waals surface area contributed by atoms with Gasteiger partial charge in [-0.2, -0.15) is 5.10 Å². The number of rotatable bonds is 4. The molecule has 1 aromatic carbocycles. The Kier molecular flexibility index (Phi) is 4.13. The Morgan fingerprint density at radius 2 is 1.92 bits per heavy atom. The molecule has 0 saturated carbocycles. The summed E-state index contributed by atoms with van der Waals surface area (Å²) in [6.45, 7) is 4.95. The number of nitrogens with one attached hydrogen (secondary N) is 1. The maximum absolute atomic E-state index is 4.68. The highest BCUT2D eigenvalue weighted by Crippen LogP contribution is 2.27. The molecule has 6 heteroatoms.